The van der Waals surface area contributed by atoms with Gasteiger partial charge in [-0.3, -0.25) is 4.79 Å². The Morgan fingerprint density at radius 1 is 1.05 bits per heavy atom. The summed E-state index contributed by atoms with van der Waals surface area (Å²) < 4.78 is 0. The van der Waals surface area contributed by atoms with Gasteiger partial charge in [0.05, 0.1) is 5.56 Å². The number of aromatic hydroxyl groups is 1. The van der Waals surface area contributed by atoms with Crippen molar-refractivity contribution in [2.24, 2.45) is 0 Å². The third kappa shape index (κ3) is 2.76. The minimum Gasteiger partial charge on any atom is -0.507 e. The van der Waals surface area contributed by atoms with Crippen molar-refractivity contribution >= 4 is 11.6 Å². The first kappa shape index (κ1) is 13.1. The average Bonchev–Trinajstić information content (AvgIpc) is 2.37. The van der Waals surface area contributed by atoms with Crippen LogP contribution in [0.15, 0.2) is 36.4 Å². The average molecular weight is 255 g/mol. The van der Waals surface area contributed by atoms with Gasteiger partial charge in [0.2, 0.25) is 0 Å². The Morgan fingerprint density at radius 2 is 1.68 bits per heavy atom. The Labute approximate surface area is 112 Å². The van der Waals surface area contributed by atoms with Gasteiger partial charge in [0.25, 0.3) is 5.91 Å². The molecule has 0 saturated carbocycles. The van der Waals surface area contributed by atoms with Crippen LogP contribution in [-0.2, 0) is 0 Å². The molecule has 0 aromatic heterocycles. The van der Waals surface area contributed by atoms with E-state index in [0.29, 0.717) is 5.56 Å². The van der Waals surface area contributed by atoms with Crippen LogP contribution in [-0.4, -0.2) is 11.0 Å². The van der Waals surface area contributed by atoms with Crippen LogP contribution in [0.2, 0.25) is 0 Å². The van der Waals surface area contributed by atoms with E-state index in [9.17, 15) is 9.90 Å². The lowest BCUT2D eigenvalue weighted by molar-refractivity contribution is 0.102. The van der Waals surface area contributed by atoms with Crippen molar-refractivity contribution < 1.29 is 9.90 Å². The van der Waals surface area contributed by atoms with Crippen LogP contribution in [0.4, 0.5) is 5.69 Å². The van der Waals surface area contributed by atoms with Gasteiger partial charge in [0.15, 0.2) is 0 Å². The molecule has 0 aliphatic rings. The number of carbonyl (C=O) groups is 1. The Hall–Kier alpha value is -2.29. The van der Waals surface area contributed by atoms with Crippen LogP contribution in [0.3, 0.4) is 0 Å². The molecular weight excluding hydrogens is 238 g/mol. The number of nitrogens with one attached hydrogen (secondary N) is 1. The lowest BCUT2D eigenvalue weighted by Crippen LogP contribution is -2.14. The van der Waals surface area contributed by atoms with Crippen molar-refractivity contribution in [2.75, 3.05) is 5.32 Å². The molecule has 2 aromatic carbocycles. The summed E-state index contributed by atoms with van der Waals surface area (Å²) in [5.74, 6) is -0.298. The molecule has 0 aliphatic heterocycles. The minimum atomic E-state index is -0.293. The molecule has 0 spiro atoms. The van der Waals surface area contributed by atoms with Gasteiger partial charge >= 0.3 is 0 Å². The summed E-state index contributed by atoms with van der Waals surface area (Å²) in [7, 11) is 0. The van der Waals surface area contributed by atoms with Gasteiger partial charge in [-0.2, -0.15) is 0 Å². The van der Waals surface area contributed by atoms with Gasteiger partial charge in [0, 0.05) is 5.69 Å². The molecule has 19 heavy (non-hydrogen) atoms. The van der Waals surface area contributed by atoms with E-state index in [-0.39, 0.29) is 11.7 Å². The first-order chi connectivity index (χ1) is 8.99. The lowest BCUT2D eigenvalue weighted by Gasteiger charge is -2.12. The fourth-order valence-corrected chi connectivity index (χ4v) is 2.02. The maximum Gasteiger partial charge on any atom is 0.259 e. The summed E-state index contributed by atoms with van der Waals surface area (Å²) >= 11 is 0. The maximum atomic E-state index is 12.2. The lowest BCUT2D eigenvalue weighted by atomic mass is 10.1. The molecule has 98 valence electrons. The van der Waals surface area contributed by atoms with Crippen LogP contribution >= 0.6 is 0 Å². The van der Waals surface area contributed by atoms with E-state index in [1.165, 1.54) is 6.07 Å². The molecule has 2 N–H and O–H groups in total. The van der Waals surface area contributed by atoms with Gasteiger partial charge in [-0.25, -0.2) is 0 Å². The van der Waals surface area contributed by atoms with E-state index < -0.39 is 0 Å². The molecule has 0 radical (unpaired) electrons. The quantitative estimate of drug-likeness (QED) is 0.861. The summed E-state index contributed by atoms with van der Waals surface area (Å²) in [6.07, 6.45) is 0. The number of amides is 1. The molecule has 0 fully saturated rings. The highest BCUT2D eigenvalue weighted by atomic mass is 16.3. The summed E-state index contributed by atoms with van der Waals surface area (Å²) in [5, 5.41) is 12.6. The standard InChI is InChI=1S/C16H17NO2/c1-10-7-8-14(18)13(9-10)16(19)17-15-11(2)5-4-6-12(15)3/h4-9,18H,1-3H3,(H,17,19). The number of phenols is 1. The second-order valence-corrected chi connectivity index (χ2v) is 4.74. The Kier molecular flexibility index (Phi) is 3.56. The molecule has 1 amide bonds. The molecule has 0 heterocycles. The van der Waals surface area contributed by atoms with Crippen molar-refractivity contribution in [3.05, 3.63) is 58.7 Å². The molecular formula is C16H17NO2. The number of benzene rings is 2. The van der Waals surface area contributed by atoms with Crippen LogP contribution in [0.5, 0.6) is 5.75 Å². The third-order valence-electron chi connectivity index (χ3n) is 3.12. The molecule has 0 bridgehead atoms. The van der Waals surface area contributed by atoms with Gasteiger partial charge in [-0.05, 0) is 44.0 Å². The number of para-hydroxylation sites is 1. The first-order valence-electron chi connectivity index (χ1n) is 6.16. The molecule has 2 rings (SSSR count). The highest BCUT2D eigenvalue weighted by Gasteiger charge is 2.13. The highest BCUT2D eigenvalue weighted by Crippen LogP contribution is 2.23. The molecule has 2 aromatic rings. The summed E-state index contributed by atoms with van der Waals surface area (Å²) in [5.41, 5.74) is 4.03. The molecule has 0 unspecified atom stereocenters. The van der Waals surface area contributed by atoms with E-state index in [4.69, 9.17) is 0 Å². The number of aryl methyl sites for hydroxylation is 3. The third-order valence-corrected chi connectivity index (χ3v) is 3.12. The summed E-state index contributed by atoms with van der Waals surface area (Å²) in [6.45, 7) is 5.77. The first-order valence-corrected chi connectivity index (χ1v) is 6.16. The molecule has 0 aliphatic carbocycles. The van der Waals surface area contributed by atoms with Crippen molar-refractivity contribution in [3.63, 3.8) is 0 Å². The van der Waals surface area contributed by atoms with E-state index in [2.05, 4.69) is 5.32 Å². The second kappa shape index (κ2) is 5.14. The fourth-order valence-electron chi connectivity index (χ4n) is 2.02. The van der Waals surface area contributed by atoms with Crippen LogP contribution < -0.4 is 5.32 Å². The molecule has 0 atom stereocenters. The zero-order valence-electron chi connectivity index (χ0n) is 11.3. The van der Waals surface area contributed by atoms with Gasteiger partial charge in [-0.1, -0.05) is 29.8 Å². The molecule has 3 nitrogen and oxygen atoms in total. The maximum absolute atomic E-state index is 12.2. The normalized spacial score (nSPS) is 10.3. The van der Waals surface area contributed by atoms with Crippen molar-refractivity contribution in [2.45, 2.75) is 20.8 Å². The topological polar surface area (TPSA) is 49.3 Å². The van der Waals surface area contributed by atoms with Gasteiger partial charge in [-0.15, -0.1) is 0 Å². The smallest absolute Gasteiger partial charge is 0.259 e. The monoisotopic (exact) mass is 255 g/mol. The second-order valence-electron chi connectivity index (χ2n) is 4.74. The fraction of sp³-hybridized carbons (Fsp3) is 0.188. The van der Waals surface area contributed by atoms with Crippen molar-refractivity contribution in [3.8, 4) is 5.75 Å². The van der Waals surface area contributed by atoms with Crippen molar-refractivity contribution in [1.82, 2.24) is 0 Å². The number of carbonyl (C=O) groups excluding carboxylic acids is 1. The number of hydrogen-bond donors (Lipinski definition) is 2. The molecule has 0 saturated heterocycles. The summed E-state index contributed by atoms with van der Waals surface area (Å²) in [4.78, 5) is 12.2. The Morgan fingerprint density at radius 3 is 2.32 bits per heavy atom. The van der Waals surface area contributed by atoms with Crippen LogP contribution in [0.25, 0.3) is 0 Å². The zero-order chi connectivity index (χ0) is 14.0. The number of rotatable bonds is 2. The largest absolute Gasteiger partial charge is 0.507 e. The number of hydrogen-bond acceptors (Lipinski definition) is 2. The number of phenolic OH excluding ortho intramolecular Hbond substituents is 1. The van der Waals surface area contributed by atoms with Crippen molar-refractivity contribution in [1.29, 1.82) is 0 Å². The molecule has 3 heteroatoms. The van der Waals surface area contributed by atoms with Gasteiger partial charge < -0.3 is 10.4 Å². The predicted molar refractivity (Wildman–Crippen MR) is 76.7 cm³/mol. The number of anilines is 1. The minimum absolute atomic E-state index is 0.00524. The van der Waals surface area contributed by atoms with Gasteiger partial charge in [0.1, 0.15) is 5.75 Å². The van der Waals surface area contributed by atoms with Crippen LogP contribution in [0.1, 0.15) is 27.0 Å². The van der Waals surface area contributed by atoms with Crippen LogP contribution in [0, 0.1) is 20.8 Å². The highest BCUT2D eigenvalue weighted by molar-refractivity contribution is 6.06. The van der Waals surface area contributed by atoms with E-state index in [1.807, 2.05) is 39.0 Å². The zero-order valence-corrected chi connectivity index (χ0v) is 11.3. The predicted octanol–water partition coefficient (Wildman–Crippen LogP) is 3.57. The van der Waals surface area contributed by atoms with E-state index in [0.717, 1.165) is 22.4 Å². The van der Waals surface area contributed by atoms with E-state index >= 15 is 0 Å². The Balaban J connectivity index is 2.34. The summed E-state index contributed by atoms with van der Waals surface area (Å²) in [6, 6.07) is 10.8. The SMILES string of the molecule is Cc1ccc(O)c(C(=O)Nc2c(C)cccc2C)c1. The van der Waals surface area contributed by atoms with E-state index in [1.54, 1.807) is 12.1 Å². The Bertz CT molecular complexity index is 612.